The van der Waals surface area contributed by atoms with Crippen LogP contribution in [0, 0.1) is 0 Å². The number of fused-ring (bicyclic) bond motifs is 1. The molecule has 0 fully saturated rings. The Hall–Kier alpha value is -1.45. The number of hydrogen-bond acceptors (Lipinski definition) is 3. The number of halogens is 1. The molecule has 0 bridgehead atoms. The molecular weight excluding hydrogens is 262 g/mol. The molecule has 0 radical (unpaired) electrons. The van der Waals surface area contributed by atoms with E-state index in [9.17, 15) is 5.11 Å². The molecule has 2 aromatic rings. The van der Waals surface area contributed by atoms with Gasteiger partial charge in [-0.2, -0.15) is 0 Å². The first-order chi connectivity index (χ1) is 9.25. The topological polar surface area (TPSA) is 45.4 Å². The Morgan fingerprint density at radius 3 is 3.16 bits per heavy atom. The minimum Gasteiger partial charge on any atom is -0.506 e. The summed E-state index contributed by atoms with van der Waals surface area (Å²) in [4.78, 5) is 0. The molecule has 0 amide bonds. The Bertz CT molecular complexity index is 579. The van der Waals surface area contributed by atoms with Crippen LogP contribution in [-0.2, 0) is 13.0 Å². The van der Waals surface area contributed by atoms with Crippen LogP contribution in [0.2, 0.25) is 5.02 Å². The Balaban J connectivity index is 1.73. The van der Waals surface area contributed by atoms with Gasteiger partial charge in [-0.3, -0.25) is 0 Å². The molecule has 1 aliphatic rings. The smallest absolute Gasteiger partial charge is 0.134 e. The molecule has 0 spiro atoms. The van der Waals surface area contributed by atoms with Gasteiger partial charge in [0.2, 0.25) is 0 Å². The Labute approximate surface area is 117 Å². The van der Waals surface area contributed by atoms with E-state index in [1.165, 1.54) is 5.56 Å². The molecule has 1 aromatic carbocycles. The van der Waals surface area contributed by atoms with Crippen molar-refractivity contribution in [3.05, 3.63) is 52.4 Å². The van der Waals surface area contributed by atoms with E-state index in [0.717, 1.165) is 30.6 Å². The summed E-state index contributed by atoms with van der Waals surface area (Å²) in [5.41, 5.74) is 2.17. The van der Waals surface area contributed by atoms with Gasteiger partial charge in [-0.25, -0.2) is 0 Å². The van der Waals surface area contributed by atoms with Crippen molar-refractivity contribution in [3.63, 3.8) is 0 Å². The predicted octanol–water partition coefficient (Wildman–Crippen LogP) is 3.81. The third-order valence-electron chi connectivity index (χ3n) is 3.65. The summed E-state index contributed by atoms with van der Waals surface area (Å²) in [5.74, 6) is 1.22. The molecule has 1 heterocycles. The Morgan fingerprint density at radius 1 is 1.37 bits per heavy atom. The fraction of sp³-hybridized carbons (Fsp3) is 0.333. The van der Waals surface area contributed by atoms with Crippen LogP contribution in [-0.4, -0.2) is 5.11 Å². The largest absolute Gasteiger partial charge is 0.506 e. The van der Waals surface area contributed by atoms with Gasteiger partial charge >= 0.3 is 0 Å². The van der Waals surface area contributed by atoms with E-state index >= 15 is 0 Å². The van der Waals surface area contributed by atoms with Gasteiger partial charge in [0.25, 0.3) is 0 Å². The highest BCUT2D eigenvalue weighted by molar-refractivity contribution is 6.32. The molecule has 3 rings (SSSR count). The lowest BCUT2D eigenvalue weighted by atomic mass is 9.93. The second-order valence-electron chi connectivity index (χ2n) is 4.88. The van der Waals surface area contributed by atoms with Gasteiger partial charge in [0.1, 0.15) is 11.5 Å². The van der Waals surface area contributed by atoms with Crippen molar-refractivity contribution in [2.24, 2.45) is 0 Å². The molecule has 0 aliphatic heterocycles. The van der Waals surface area contributed by atoms with Crippen LogP contribution >= 0.6 is 11.6 Å². The second-order valence-corrected chi connectivity index (χ2v) is 5.25. The normalized spacial score (nSPS) is 18.3. The zero-order valence-corrected chi connectivity index (χ0v) is 11.3. The third-order valence-corrected chi connectivity index (χ3v) is 4.09. The quantitative estimate of drug-likeness (QED) is 0.897. The van der Waals surface area contributed by atoms with Crippen molar-refractivity contribution < 1.29 is 9.52 Å². The predicted molar refractivity (Wildman–Crippen MR) is 74.3 cm³/mol. The van der Waals surface area contributed by atoms with Crippen molar-refractivity contribution >= 4 is 11.6 Å². The zero-order valence-electron chi connectivity index (χ0n) is 10.5. The number of hydrogen-bond donors (Lipinski definition) is 2. The molecule has 3 nitrogen and oxygen atoms in total. The lowest BCUT2D eigenvalue weighted by Crippen LogP contribution is -2.24. The van der Waals surface area contributed by atoms with Gasteiger partial charge in [-0.1, -0.05) is 23.7 Å². The molecule has 1 atom stereocenters. The molecule has 19 heavy (non-hydrogen) atoms. The number of aromatic hydroxyl groups is 1. The molecule has 0 saturated heterocycles. The van der Waals surface area contributed by atoms with Crippen LogP contribution in [0.5, 0.6) is 5.75 Å². The van der Waals surface area contributed by atoms with E-state index in [1.807, 2.05) is 18.2 Å². The van der Waals surface area contributed by atoms with Gasteiger partial charge in [0.05, 0.1) is 11.3 Å². The first kappa shape index (κ1) is 12.6. The molecular formula is C15H16ClNO2. The first-order valence-electron chi connectivity index (χ1n) is 6.51. The fourth-order valence-corrected chi connectivity index (χ4v) is 2.83. The molecule has 1 aliphatic carbocycles. The lowest BCUT2D eigenvalue weighted by Gasteiger charge is -2.23. The molecule has 2 N–H and O–H groups in total. The van der Waals surface area contributed by atoms with E-state index in [0.29, 0.717) is 17.6 Å². The van der Waals surface area contributed by atoms with Gasteiger partial charge in [0, 0.05) is 24.6 Å². The van der Waals surface area contributed by atoms with Crippen LogP contribution in [0.3, 0.4) is 0 Å². The highest BCUT2D eigenvalue weighted by Gasteiger charge is 2.22. The number of phenols is 1. The van der Waals surface area contributed by atoms with Gasteiger partial charge in [-0.15, -0.1) is 0 Å². The number of nitrogens with one attached hydrogen (secondary N) is 1. The summed E-state index contributed by atoms with van der Waals surface area (Å²) in [6.45, 7) is 0.641. The van der Waals surface area contributed by atoms with Crippen molar-refractivity contribution in [1.82, 2.24) is 5.32 Å². The molecule has 0 saturated carbocycles. The summed E-state index contributed by atoms with van der Waals surface area (Å²) in [6, 6.07) is 7.67. The standard InChI is InChI=1S/C15H16ClNO2/c16-15-10(3-1-5-13(15)18)9-17-12-4-2-6-14-11(12)7-8-19-14/h1,3,5,7-8,12,17-18H,2,4,6,9H2/t12-/m0/s1. The first-order valence-corrected chi connectivity index (χ1v) is 6.89. The zero-order chi connectivity index (χ0) is 13.2. The lowest BCUT2D eigenvalue weighted by molar-refractivity contribution is 0.410. The average molecular weight is 278 g/mol. The highest BCUT2D eigenvalue weighted by atomic mass is 35.5. The maximum absolute atomic E-state index is 9.59. The number of furan rings is 1. The Kier molecular flexibility index (Phi) is 3.49. The van der Waals surface area contributed by atoms with Crippen molar-refractivity contribution in [3.8, 4) is 5.75 Å². The minimum atomic E-state index is 0.133. The van der Waals surface area contributed by atoms with Crippen LogP contribution in [0.15, 0.2) is 34.9 Å². The molecule has 1 aromatic heterocycles. The number of benzene rings is 1. The van der Waals surface area contributed by atoms with E-state index in [4.69, 9.17) is 16.0 Å². The van der Waals surface area contributed by atoms with Crippen LogP contribution in [0.25, 0.3) is 0 Å². The van der Waals surface area contributed by atoms with Crippen molar-refractivity contribution in [2.75, 3.05) is 0 Å². The monoisotopic (exact) mass is 277 g/mol. The number of aryl methyl sites for hydroxylation is 1. The minimum absolute atomic E-state index is 0.133. The summed E-state index contributed by atoms with van der Waals surface area (Å²) in [5, 5.41) is 13.5. The SMILES string of the molecule is Oc1cccc(CN[C@H]2CCCc3occc32)c1Cl. The molecule has 4 heteroatoms. The van der Waals surface area contributed by atoms with Gasteiger partial charge in [0.15, 0.2) is 0 Å². The molecule has 100 valence electrons. The Morgan fingerprint density at radius 2 is 2.26 bits per heavy atom. The second kappa shape index (κ2) is 5.27. The number of rotatable bonds is 3. The maximum atomic E-state index is 9.59. The maximum Gasteiger partial charge on any atom is 0.134 e. The van der Waals surface area contributed by atoms with E-state index < -0.39 is 0 Å². The van der Waals surface area contributed by atoms with Crippen LogP contribution < -0.4 is 5.32 Å². The van der Waals surface area contributed by atoms with Gasteiger partial charge < -0.3 is 14.8 Å². The summed E-state index contributed by atoms with van der Waals surface area (Å²) < 4.78 is 5.48. The average Bonchev–Trinajstić information content (AvgIpc) is 2.89. The third kappa shape index (κ3) is 2.48. The highest BCUT2D eigenvalue weighted by Crippen LogP contribution is 2.32. The van der Waals surface area contributed by atoms with Crippen LogP contribution in [0.4, 0.5) is 0 Å². The van der Waals surface area contributed by atoms with Crippen molar-refractivity contribution in [1.29, 1.82) is 0 Å². The van der Waals surface area contributed by atoms with Crippen LogP contribution in [0.1, 0.15) is 35.8 Å². The number of phenolic OH excluding ortho intramolecular Hbond substituents is 1. The summed E-state index contributed by atoms with van der Waals surface area (Å²) in [7, 11) is 0. The van der Waals surface area contributed by atoms with Gasteiger partial charge in [-0.05, 0) is 30.5 Å². The van der Waals surface area contributed by atoms with Crippen molar-refractivity contribution in [2.45, 2.75) is 31.8 Å². The molecule has 0 unspecified atom stereocenters. The summed E-state index contributed by atoms with van der Waals surface area (Å²) in [6.07, 6.45) is 5.01. The summed E-state index contributed by atoms with van der Waals surface area (Å²) >= 11 is 6.08. The van der Waals surface area contributed by atoms with E-state index in [-0.39, 0.29) is 5.75 Å². The van der Waals surface area contributed by atoms with E-state index in [2.05, 4.69) is 5.32 Å². The fourth-order valence-electron chi connectivity index (χ4n) is 2.63. The van der Waals surface area contributed by atoms with E-state index in [1.54, 1.807) is 12.3 Å².